The fraction of sp³-hybridized carbons (Fsp3) is 0.474. The second-order valence-electron chi connectivity index (χ2n) is 5.74. The molecule has 1 aliphatic heterocycles. The van der Waals surface area contributed by atoms with Crippen molar-refractivity contribution in [3.8, 4) is 11.5 Å². The van der Waals surface area contributed by atoms with Gasteiger partial charge in [-0.3, -0.25) is 9.59 Å². The van der Waals surface area contributed by atoms with Crippen molar-refractivity contribution in [2.75, 3.05) is 39.4 Å². The third kappa shape index (κ3) is 5.24. The van der Waals surface area contributed by atoms with Crippen LogP contribution in [-0.2, 0) is 9.59 Å². The van der Waals surface area contributed by atoms with E-state index in [1.165, 1.54) is 0 Å². The highest BCUT2D eigenvalue weighted by Crippen LogP contribution is 2.29. The third-order valence-electron chi connectivity index (χ3n) is 4.02. The monoisotopic (exact) mass is 346 g/mol. The molecular weight excluding hydrogens is 320 g/mol. The summed E-state index contributed by atoms with van der Waals surface area (Å²) in [7, 11) is 0. The largest absolute Gasteiger partial charge is 0.490 e. The summed E-state index contributed by atoms with van der Waals surface area (Å²) < 4.78 is 11.1. The Hall–Kier alpha value is -2.50. The maximum Gasteiger partial charge on any atom is 0.246 e. The highest BCUT2D eigenvalue weighted by Gasteiger charge is 2.20. The number of nitrogens with zero attached hydrogens (tertiary/aromatic N) is 2. The van der Waals surface area contributed by atoms with Crippen molar-refractivity contribution >= 4 is 17.9 Å². The molecule has 1 aromatic carbocycles. The maximum absolute atomic E-state index is 12.3. The zero-order chi connectivity index (χ0) is 18.2. The first-order chi connectivity index (χ1) is 12.0. The number of hydrogen-bond donors (Lipinski definition) is 0. The Morgan fingerprint density at radius 3 is 2.20 bits per heavy atom. The molecule has 0 N–H and O–H groups in total. The molecule has 0 spiro atoms. The van der Waals surface area contributed by atoms with Crippen LogP contribution < -0.4 is 9.47 Å². The Kier molecular flexibility index (Phi) is 6.86. The minimum atomic E-state index is -0.0463. The van der Waals surface area contributed by atoms with Gasteiger partial charge in [0, 0.05) is 39.2 Å². The fourth-order valence-corrected chi connectivity index (χ4v) is 2.69. The molecule has 0 saturated carbocycles. The van der Waals surface area contributed by atoms with E-state index in [1.807, 2.05) is 32.0 Å². The molecule has 1 heterocycles. The van der Waals surface area contributed by atoms with Crippen LogP contribution >= 0.6 is 0 Å². The zero-order valence-electron chi connectivity index (χ0n) is 15.2. The van der Waals surface area contributed by atoms with Crippen molar-refractivity contribution in [1.29, 1.82) is 0 Å². The highest BCUT2D eigenvalue weighted by molar-refractivity contribution is 5.92. The van der Waals surface area contributed by atoms with Crippen molar-refractivity contribution in [3.63, 3.8) is 0 Å². The predicted octanol–water partition coefficient (Wildman–Crippen LogP) is 2.19. The number of hydrogen-bond acceptors (Lipinski definition) is 4. The molecule has 0 aliphatic carbocycles. The minimum Gasteiger partial charge on any atom is -0.490 e. The van der Waals surface area contributed by atoms with Gasteiger partial charge in [0.2, 0.25) is 11.8 Å². The third-order valence-corrected chi connectivity index (χ3v) is 4.02. The standard InChI is InChI=1S/C19H26N2O4/c1-4-24-17-8-6-16(14-18(17)25-5-2)7-9-19(23)21-12-10-20(11-13-21)15(3)22/h6-9,14H,4-5,10-13H2,1-3H3. The van der Waals surface area contributed by atoms with Crippen LogP contribution in [0.3, 0.4) is 0 Å². The smallest absolute Gasteiger partial charge is 0.246 e. The Bertz CT molecular complexity index is 634. The quantitative estimate of drug-likeness (QED) is 0.741. The fourth-order valence-electron chi connectivity index (χ4n) is 2.69. The normalized spacial score (nSPS) is 14.7. The van der Waals surface area contributed by atoms with E-state index in [0.29, 0.717) is 50.9 Å². The highest BCUT2D eigenvalue weighted by atomic mass is 16.5. The van der Waals surface area contributed by atoms with Crippen LogP contribution in [0.25, 0.3) is 6.08 Å². The van der Waals surface area contributed by atoms with Gasteiger partial charge in [0.15, 0.2) is 11.5 Å². The van der Waals surface area contributed by atoms with E-state index in [-0.39, 0.29) is 11.8 Å². The molecule has 0 radical (unpaired) electrons. The lowest BCUT2D eigenvalue weighted by atomic mass is 10.2. The minimum absolute atomic E-state index is 0.0463. The lowest BCUT2D eigenvalue weighted by molar-refractivity contribution is -0.135. The van der Waals surface area contributed by atoms with Crippen LogP contribution in [0.15, 0.2) is 24.3 Å². The number of ether oxygens (including phenoxy) is 2. The molecule has 1 aliphatic rings. The van der Waals surface area contributed by atoms with Gasteiger partial charge in [-0.1, -0.05) is 6.07 Å². The van der Waals surface area contributed by atoms with Gasteiger partial charge in [-0.2, -0.15) is 0 Å². The van der Waals surface area contributed by atoms with Crippen molar-refractivity contribution in [2.24, 2.45) is 0 Å². The Balaban J connectivity index is 2.00. The van der Waals surface area contributed by atoms with E-state index in [9.17, 15) is 9.59 Å². The van der Waals surface area contributed by atoms with E-state index in [0.717, 1.165) is 5.56 Å². The average Bonchev–Trinajstić information content (AvgIpc) is 2.62. The summed E-state index contributed by atoms with van der Waals surface area (Å²) in [6.45, 7) is 8.83. The first kappa shape index (κ1) is 18.8. The van der Waals surface area contributed by atoms with Crippen LogP contribution in [0, 0.1) is 0 Å². The molecule has 1 saturated heterocycles. The summed E-state index contributed by atoms with van der Waals surface area (Å²) in [5.74, 6) is 1.39. The van der Waals surface area contributed by atoms with Gasteiger partial charge < -0.3 is 19.3 Å². The molecule has 0 bridgehead atoms. The molecule has 2 amide bonds. The molecule has 0 aromatic heterocycles. The first-order valence-electron chi connectivity index (χ1n) is 8.67. The van der Waals surface area contributed by atoms with Crippen molar-refractivity contribution in [1.82, 2.24) is 9.80 Å². The van der Waals surface area contributed by atoms with Gasteiger partial charge in [-0.25, -0.2) is 0 Å². The van der Waals surface area contributed by atoms with Gasteiger partial charge in [-0.15, -0.1) is 0 Å². The zero-order valence-corrected chi connectivity index (χ0v) is 15.2. The van der Waals surface area contributed by atoms with Gasteiger partial charge in [0.05, 0.1) is 13.2 Å². The lowest BCUT2D eigenvalue weighted by Gasteiger charge is -2.33. The topological polar surface area (TPSA) is 59.1 Å². The van der Waals surface area contributed by atoms with E-state index < -0.39 is 0 Å². The molecular formula is C19H26N2O4. The van der Waals surface area contributed by atoms with E-state index in [1.54, 1.807) is 28.9 Å². The van der Waals surface area contributed by atoms with Gasteiger partial charge in [0.25, 0.3) is 0 Å². The number of rotatable bonds is 6. The Morgan fingerprint density at radius 2 is 1.60 bits per heavy atom. The predicted molar refractivity (Wildman–Crippen MR) is 96.6 cm³/mol. The number of amides is 2. The molecule has 0 atom stereocenters. The maximum atomic E-state index is 12.3. The summed E-state index contributed by atoms with van der Waals surface area (Å²) in [6.07, 6.45) is 3.34. The summed E-state index contributed by atoms with van der Waals surface area (Å²) >= 11 is 0. The van der Waals surface area contributed by atoms with Crippen LogP contribution in [0.2, 0.25) is 0 Å². The molecule has 6 heteroatoms. The van der Waals surface area contributed by atoms with Crippen LogP contribution in [0.4, 0.5) is 0 Å². The SMILES string of the molecule is CCOc1ccc(C=CC(=O)N2CCN(C(C)=O)CC2)cc1OCC. The number of carbonyl (C=O) groups excluding carboxylic acids is 2. The van der Waals surface area contributed by atoms with Crippen molar-refractivity contribution < 1.29 is 19.1 Å². The average molecular weight is 346 g/mol. The number of benzene rings is 1. The second-order valence-corrected chi connectivity index (χ2v) is 5.74. The molecule has 0 unspecified atom stereocenters. The summed E-state index contributed by atoms with van der Waals surface area (Å²) in [4.78, 5) is 27.2. The van der Waals surface area contributed by atoms with Gasteiger partial charge in [-0.05, 0) is 37.6 Å². The molecule has 2 rings (SSSR count). The van der Waals surface area contributed by atoms with Crippen molar-refractivity contribution in [2.45, 2.75) is 20.8 Å². The summed E-state index contributed by atoms with van der Waals surface area (Å²) in [5, 5.41) is 0. The van der Waals surface area contributed by atoms with E-state index in [4.69, 9.17) is 9.47 Å². The van der Waals surface area contributed by atoms with Crippen molar-refractivity contribution in [3.05, 3.63) is 29.8 Å². The first-order valence-corrected chi connectivity index (χ1v) is 8.67. The Labute approximate surface area is 149 Å². The van der Waals surface area contributed by atoms with Crippen LogP contribution in [0.5, 0.6) is 11.5 Å². The van der Waals surface area contributed by atoms with E-state index in [2.05, 4.69) is 0 Å². The lowest BCUT2D eigenvalue weighted by Crippen LogP contribution is -2.49. The molecule has 25 heavy (non-hydrogen) atoms. The van der Waals surface area contributed by atoms with Gasteiger partial charge >= 0.3 is 0 Å². The van der Waals surface area contributed by atoms with Gasteiger partial charge in [0.1, 0.15) is 0 Å². The van der Waals surface area contributed by atoms with Crippen LogP contribution in [-0.4, -0.2) is 61.0 Å². The number of carbonyl (C=O) groups is 2. The molecule has 1 aromatic rings. The summed E-state index contributed by atoms with van der Waals surface area (Å²) in [5.41, 5.74) is 0.877. The number of piperazine rings is 1. The van der Waals surface area contributed by atoms with E-state index >= 15 is 0 Å². The molecule has 6 nitrogen and oxygen atoms in total. The van der Waals surface area contributed by atoms with Crippen LogP contribution in [0.1, 0.15) is 26.3 Å². The molecule has 1 fully saturated rings. The summed E-state index contributed by atoms with van der Waals surface area (Å²) in [6, 6.07) is 5.61. The second kappa shape index (κ2) is 9.11. The molecule has 136 valence electrons. The Morgan fingerprint density at radius 1 is 1.00 bits per heavy atom.